The molecule has 0 spiro atoms. The second-order valence-corrected chi connectivity index (χ2v) is 9.00. The summed E-state index contributed by atoms with van der Waals surface area (Å²) in [4.78, 5) is 2.39. The molecule has 1 fully saturated rings. The Balaban J connectivity index is 1.65. The molecule has 0 amide bonds. The van der Waals surface area contributed by atoms with E-state index in [9.17, 15) is 8.42 Å². The van der Waals surface area contributed by atoms with Gasteiger partial charge in [-0.15, -0.1) is 0 Å². The smallest absolute Gasteiger partial charge is 0.215 e. The van der Waals surface area contributed by atoms with Gasteiger partial charge in [-0.2, -0.15) is 11.3 Å². The van der Waals surface area contributed by atoms with Crippen LogP contribution in [-0.2, 0) is 15.8 Å². The van der Waals surface area contributed by atoms with Crippen molar-refractivity contribution in [3.05, 3.63) is 57.8 Å². The van der Waals surface area contributed by atoms with Crippen LogP contribution < -0.4 is 4.72 Å². The number of rotatable bonds is 7. The fourth-order valence-corrected chi connectivity index (χ4v) is 4.99. The van der Waals surface area contributed by atoms with Gasteiger partial charge in [0.1, 0.15) is 0 Å². The van der Waals surface area contributed by atoms with E-state index in [2.05, 4.69) is 26.4 Å². The Labute approximate surface area is 148 Å². The van der Waals surface area contributed by atoms with Gasteiger partial charge in [-0.25, -0.2) is 13.1 Å². The number of nitrogens with zero attached hydrogens (tertiary/aromatic N) is 1. The van der Waals surface area contributed by atoms with Crippen LogP contribution in [0.15, 0.2) is 41.1 Å². The van der Waals surface area contributed by atoms with Crippen LogP contribution in [0.1, 0.15) is 35.6 Å². The predicted octanol–water partition coefficient (Wildman–Crippen LogP) is 3.31. The third kappa shape index (κ3) is 4.66. The first-order valence-corrected chi connectivity index (χ1v) is 10.9. The summed E-state index contributed by atoms with van der Waals surface area (Å²) in [7, 11) is -3.34. The van der Waals surface area contributed by atoms with Crippen LogP contribution in [-0.4, -0.2) is 33.0 Å². The van der Waals surface area contributed by atoms with E-state index in [0.29, 0.717) is 6.54 Å². The SMILES string of the molecule is Cc1ccc(CS(=O)(=O)NCC(c2ccsc2)N2CCCC2)cc1. The molecule has 1 saturated heterocycles. The van der Waals surface area contributed by atoms with Gasteiger partial charge in [0.2, 0.25) is 10.0 Å². The quantitative estimate of drug-likeness (QED) is 0.820. The van der Waals surface area contributed by atoms with Crippen molar-refractivity contribution >= 4 is 21.4 Å². The monoisotopic (exact) mass is 364 g/mol. The zero-order valence-corrected chi connectivity index (χ0v) is 15.6. The van der Waals surface area contributed by atoms with Gasteiger partial charge in [-0.3, -0.25) is 4.90 Å². The Hall–Kier alpha value is -1.21. The number of aryl methyl sites for hydroxylation is 1. The lowest BCUT2D eigenvalue weighted by Crippen LogP contribution is -2.37. The Kier molecular flexibility index (Phi) is 5.71. The lowest BCUT2D eigenvalue weighted by Gasteiger charge is -2.27. The normalized spacial score (nSPS) is 17.2. The number of sulfonamides is 1. The van der Waals surface area contributed by atoms with Crippen molar-refractivity contribution in [2.75, 3.05) is 19.6 Å². The van der Waals surface area contributed by atoms with E-state index in [1.807, 2.05) is 31.2 Å². The number of likely N-dealkylation sites (tertiary alicyclic amines) is 1. The second kappa shape index (κ2) is 7.78. The summed E-state index contributed by atoms with van der Waals surface area (Å²) in [5.41, 5.74) is 3.16. The first-order chi connectivity index (χ1) is 11.5. The lowest BCUT2D eigenvalue weighted by molar-refractivity contribution is 0.247. The summed E-state index contributed by atoms with van der Waals surface area (Å²) in [6.45, 7) is 4.52. The Morgan fingerprint density at radius 1 is 1.17 bits per heavy atom. The van der Waals surface area contributed by atoms with Gasteiger partial charge in [0.05, 0.1) is 5.75 Å². The molecule has 0 aliphatic carbocycles. The molecule has 1 aliphatic heterocycles. The van der Waals surface area contributed by atoms with Gasteiger partial charge >= 0.3 is 0 Å². The zero-order chi connectivity index (χ0) is 17.0. The van der Waals surface area contributed by atoms with E-state index in [0.717, 1.165) is 24.2 Å². The predicted molar refractivity (Wildman–Crippen MR) is 99.7 cm³/mol. The molecule has 1 atom stereocenters. The van der Waals surface area contributed by atoms with Crippen LogP contribution in [0.25, 0.3) is 0 Å². The van der Waals surface area contributed by atoms with E-state index < -0.39 is 10.0 Å². The van der Waals surface area contributed by atoms with Gasteiger partial charge in [-0.1, -0.05) is 29.8 Å². The number of nitrogens with one attached hydrogen (secondary N) is 1. The molecular weight excluding hydrogens is 340 g/mol. The highest BCUT2D eigenvalue weighted by atomic mass is 32.2. The van der Waals surface area contributed by atoms with Gasteiger partial charge < -0.3 is 0 Å². The summed E-state index contributed by atoms with van der Waals surface area (Å²) in [6.07, 6.45) is 2.38. The summed E-state index contributed by atoms with van der Waals surface area (Å²) in [5, 5.41) is 4.18. The number of hydrogen-bond donors (Lipinski definition) is 1. The summed E-state index contributed by atoms with van der Waals surface area (Å²) in [5.74, 6) is 0.0314. The maximum absolute atomic E-state index is 12.4. The largest absolute Gasteiger partial charge is 0.295 e. The molecule has 0 saturated carbocycles. The molecule has 4 nitrogen and oxygen atoms in total. The highest BCUT2D eigenvalue weighted by Gasteiger charge is 2.25. The molecule has 2 aromatic rings. The molecule has 2 heterocycles. The minimum atomic E-state index is -3.34. The van der Waals surface area contributed by atoms with Crippen molar-refractivity contribution in [1.29, 1.82) is 0 Å². The van der Waals surface area contributed by atoms with E-state index in [1.165, 1.54) is 18.4 Å². The van der Waals surface area contributed by atoms with Crippen molar-refractivity contribution in [3.8, 4) is 0 Å². The molecule has 6 heteroatoms. The first-order valence-electron chi connectivity index (χ1n) is 8.32. The molecule has 130 valence electrons. The van der Waals surface area contributed by atoms with E-state index >= 15 is 0 Å². The minimum absolute atomic E-state index is 0.0314. The fourth-order valence-electron chi connectivity index (χ4n) is 3.14. The zero-order valence-electron chi connectivity index (χ0n) is 13.9. The highest BCUT2D eigenvalue weighted by molar-refractivity contribution is 7.88. The molecule has 24 heavy (non-hydrogen) atoms. The van der Waals surface area contributed by atoms with Crippen LogP contribution in [0.5, 0.6) is 0 Å². The van der Waals surface area contributed by atoms with Gasteiger partial charge in [-0.05, 0) is 60.8 Å². The molecule has 0 bridgehead atoms. The molecule has 1 aromatic heterocycles. The molecule has 1 unspecified atom stereocenters. The average Bonchev–Trinajstić information content (AvgIpc) is 3.23. The molecule has 3 rings (SSSR count). The van der Waals surface area contributed by atoms with Crippen LogP contribution >= 0.6 is 11.3 Å². The van der Waals surface area contributed by atoms with E-state index in [4.69, 9.17) is 0 Å². The van der Waals surface area contributed by atoms with Crippen molar-refractivity contribution in [1.82, 2.24) is 9.62 Å². The molecule has 1 N–H and O–H groups in total. The number of hydrogen-bond acceptors (Lipinski definition) is 4. The first kappa shape index (κ1) is 17.6. The minimum Gasteiger partial charge on any atom is -0.295 e. The molecule has 0 radical (unpaired) electrons. The maximum atomic E-state index is 12.4. The van der Waals surface area contributed by atoms with Gasteiger partial charge in [0.25, 0.3) is 0 Å². The van der Waals surface area contributed by atoms with E-state index in [-0.39, 0.29) is 11.8 Å². The van der Waals surface area contributed by atoms with Crippen LogP contribution in [0.4, 0.5) is 0 Å². The summed E-state index contributed by atoms with van der Waals surface area (Å²) >= 11 is 1.66. The Morgan fingerprint density at radius 3 is 2.50 bits per heavy atom. The number of thiophene rings is 1. The Morgan fingerprint density at radius 2 is 1.88 bits per heavy atom. The van der Waals surface area contributed by atoms with Gasteiger partial charge in [0, 0.05) is 12.6 Å². The second-order valence-electron chi connectivity index (χ2n) is 6.41. The molecule has 1 aliphatic rings. The van der Waals surface area contributed by atoms with Crippen molar-refractivity contribution in [2.45, 2.75) is 31.6 Å². The van der Waals surface area contributed by atoms with Crippen molar-refractivity contribution < 1.29 is 8.42 Å². The van der Waals surface area contributed by atoms with Crippen LogP contribution in [0.3, 0.4) is 0 Å². The van der Waals surface area contributed by atoms with E-state index in [1.54, 1.807) is 11.3 Å². The lowest BCUT2D eigenvalue weighted by atomic mass is 10.1. The summed E-state index contributed by atoms with van der Waals surface area (Å²) < 4.78 is 27.7. The topological polar surface area (TPSA) is 49.4 Å². The molecular formula is C18H24N2O2S2. The maximum Gasteiger partial charge on any atom is 0.215 e. The standard InChI is InChI=1S/C18H24N2O2S2/c1-15-4-6-16(7-5-15)14-24(21,22)19-12-18(17-8-11-23-13-17)20-9-2-3-10-20/h4-8,11,13,18-19H,2-3,9-10,12,14H2,1H3. The van der Waals surface area contributed by atoms with Crippen LogP contribution in [0.2, 0.25) is 0 Å². The average molecular weight is 365 g/mol. The third-order valence-corrected chi connectivity index (χ3v) is 6.50. The fraction of sp³-hybridized carbons (Fsp3) is 0.444. The molecule has 1 aromatic carbocycles. The highest BCUT2D eigenvalue weighted by Crippen LogP contribution is 2.26. The van der Waals surface area contributed by atoms with Crippen molar-refractivity contribution in [3.63, 3.8) is 0 Å². The summed E-state index contributed by atoms with van der Waals surface area (Å²) in [6, 6.07) is 9.89. The van der Waals surface area contributed by atoms with Crippen LogP contribution in [0, 0.1) is 6.92 Å². The third-order valence-electron chi connectivity index (χ3n) is 4.48. The van der Waals surface area contributed by atoms with Crippen molar-refractivity contribution in [2.24, 2.45) is 0 Å². The van der Waals surface area contributed by atoms with Gasteiger partial charge in [0.15, 0.2) is 0 Å². The Bertz CT molecular complexity index is 734. The number of benzene rings is 1.